The fourth-order valence-corrected chi connectivity index (χ4v) is 2.12. The number of halogens is 2. The summed E-state index contributed by atoms with van der Waals surface area (Å²) in [7, 11) is 0. The van der Waals surface area contributed by atoms with Gasteiger partial charge < -0.3 is 9.84 Å². The Morgan fingerprint density at radius 2 is 2.00 bits per heavy atom. The average molecular weight is 328 g/mol. The molecule has 4 heteroatoms. The van der Waals surface area contributed by atoms with Gasteiger partial charge in [-0.05, 0) is 42.8 Å². The first kappa shape index (κ1) is 13.4. The van der Waals surface area contributed by atoms with Crippen molar-refractivity contribution in [2.24, 2.45) is 0 Å². The zero-order valence-corrected chi connectivity index (χ0v) is 12.1. The normalized spacial score (nSPS) is 12.2. The van der Waals surface area contributed by atoms with Crippen LogP contribution in [-0.2, 0) is 0 Å². The van der Waals surface area contributed by atoms with Crippen molar-refractivity contribution in [3.8, 4) is 11.5 Å². The fourth-order valence-electron chi connectivity index (χ4n) is 1.52. The van der Waals surface area contributed by atoms with E-state index >= 15 is 0 Å². The number of rotatable bonds is 3. The summed E-state index contributed by atoms with van der Waals surface area (Å²) in [5.74, 6) is 1.27. The summed E-state index contributed by atoms with van der Waals surface area (Å²) in [6.07, 6.45) is -0.539. The summed E-state index contributed by atoms with van der Waals surface area (Å²) in [6, 6.07) is 12.8. The number of benzene rings is 2. The maximum absolute atomic E-state index is 9.46. The molecule has 0 aliphatic heterocycles. The van der Waals surface area contributed by atoms with Crippen LogP contribution in [0, 0.1) is 0 Å². The van der Waals surface area contributed by atoms with Gasteiger partial charge in [0, 0.05) is 4.47 Å². The molecule has 0 aliphatic carbocycles. The van der Waals surface area contributed by atoms with Crippen molar-refractivity contribution < 1.29 is 9.84 Å². The van der Waals surface area contributed by atoms with E-state index < -0.39 is 6.10 Å². The van der Waals surface area contributed by atoms with E-state index in [9.17, 15) is 5.11 Å². The summed E-state index contributed by atoms with van der Waals surface area (Å²) in [5.41, 5.74) is 0.765. The topological polar surface area (TPSA) is 29.5 Å². The average Bonchev–Trinajstić information content (AvgIpc) is 2.31. The molecule has 0 saturated heterocycles. The summed E-state index contributed by atoms with van der Waals surface area (Å²) < 4.78 is 6.62. The Morgan fingerprint density at radius 1 is 1.22 bits per heavy atom. The van der Waals surface area contributed by atoms with Crippen LogP contribution in [0.2, 0.25) is 5.02 Å². The minimum absolute atomic E-state index is 0.480. The summed E-state index contributed by atoms with van der Waals surface area (Å²) >= 11 is 9.49. The smallest absolute Gasteiger partial charge is 0.146 e. The Hall–Kier alpha value is -1.03. The van der Waals surface area contributed by atoms with Crippen LogP contribution in [0.5, 0.6) is 11.5 Å². The molecule has 0 fully saturated rings. The van der Waals surface area contributed by atoms with E-state index in [1.54, 1.807) is 25.1 Å². The zero-order valence-electron chi connectivity index (χ0n) is 9.73. The van der Waals surface area contributed by atoms with Crippen molar-refractivity contribution in [3.05, 3.63) is 57.5 Å². The molecule has 1 unspecified atom stereocenters. The molecule has 0 aromatic heterocycles. The molecule has 2 nitrogen and oxygen atoms in total. The first-order valence-corrected chi connectivity index (χ1v) is 6.64. The Morgan fingerprint density at radius 3 is 2.61 bits per heavy atom. The molecule has 0 amide bonds. The quantitative estimate of drug-likeness (QED) is 0.864. The van der Waals surface area contributed by atoms with E-state index in [-0.39, 0.29) is 0 Å². The summed E-state index contributed by atoms with van der Waals surface area (Å²) in [4.78, 5) is 0. The van der Waals surface area contributed by atoms with Crippen molar-refractivity contribution in [2.75, 3.05) is 0 Å². The molecule has 18 heavy (non-hydrogen) atoms. The van der Waals surface area contributed by atoms with Crippen LogP contribution in [0.15, 0.2) is 46.9 Å². The van der Waals surface area contributed by atoms with Gasteiger partial charge in [0.2, 0.25) is 0 Å². The van der Waals surface area contributed by atoms with Gasteiger partial charge in [0.25, 0.3) is 0 Å². The third kappa shape index (κ3) is 3.25. The van der Waals surface area contributed by atoms with Gasteiger partial charge in [-0.3, -0.25) is 0 Å². The van der Waals surface area contributed by atoms with Crippen molar-refractivity contribution >= 4 is 27.5 Å². The largest absolute Gasteiger partial charge is 0.456 e. The lowest BCUT2D eigenvalue weighted by molar-refractivity contribution is 0.199. The Labute approximate surface area is 119 Å². The van der Waals surface area contributed by atoms with Crippen molar-refractivity contribution in [2.45, 2.75) is 13.0 Å². The molecule has 2 rings (SSSR count). The Kier molecular flexibility index (Phi) is 4.27. The number of hydrogen-bond acceptors (Lipinski definition) is 2. The number of ether oxygens (including phenoxy) is 1. The van der Waals surface area contributed by atoms with Crippen molar-refractivity contribution in [3.63, 3.8) is 0 Å². The zero-order chi connectivity index (χ0) is 13.1. The minimum Gasteiger partial charge on any atom is -0.456 e. The Balaban J connectivity index is 2.24. The van der Waals surface area contributed by atoms with Gasteiger partial charge in [-0.15, -0.1) is 0 Å². The molecule has 0 bridgehead atoms. The molecular formula is C14H12BrClO2. The molecule has 0 radical (unpaired) electrons. The van der Waals surface area contributed by atoms with Crippen molar-refractivity contribution in [1.29, 1.82) is 0 Å². The highest BCUT2D eigenvalue weighted by Gasteiger charge is 2.07. The van der Waals surface area contributed by atoms with Crippen LogP contribution in [0.25, 0.3) is 0 Å². The van der Waals surface area contributed by atoms with Crippen molar-refractivity contribution in [1.82, 2.24) is 0 Å². The number of hydrogen-bond donors (Lipinski definition) is 1. The van der Waals surface area contributed by atoms with Crippen LogP contribution in [-0.4, -0.2) is 5.11 Å². The van der Waals surface area contributed by atoms with Gasteiger partial charge >= 0.3 is 0 Å². The van der Waals surface area contributed by atoms with Gasteiger partial charge in [0.05, 0.1) is 11.1 Å². The van der Waals surface area contributed by atoms with E-state index in [1.165, 1.54) is 0 Å². The molecule has 0 heterocycles. The van der Waals surface area contributed by atoms with Gasteiger partial charge in [0.15, 0.2) is 0 Å². The van der Waals surface area contributed by atoms with Gasteiger partial charge in [0.1, 0.15) is 11.5 Å². The van der Waals surface area contributed by atoms with E-state index in [4.69, 9.17) is 16.3 Å². The number of aliphatic hydroxyl groups excluding tert-OH is 1. The molecule has 1 atom stereocenters. The van der Waals surface area contributed by atoms with Gasteiger partial charge in [-0.25, -0.2) is 0 Å². The molecule has 0 spiro atoms. The molecule has 94 valence electrons. The second-order valence-corrected chi connectivity index (χ2v) is 5.25. The fraction of sp³-hybridized carbons (Fsp3) is 0.143. The van der Waals surface area contributed by atoms with Crippen LogP contribution >= 0.6 is 27.5 Å². The monoisotopic (exact) mass is 326 g/mol. The first-order valence-electron chi connectivity index (χ1n) is 5.47. The lowest BCUT2D eigenvalue weighted by Crippen LogP contribution is -1.92. The Bertz CT molecular complexity index is 555. The lowest BCUT2D eigenvalue weighted by atomic mass is 10.1. The SMILES string of the molecule is CC(O)c1ccc(Oc2cccc(Br)c2)c(Cl)c1. The second kappa shape index (κ2) is 5.74. The third-order valence-corrected chi connectivity index (χ3v) is 3.25. The van der Waals surface area contributed by atoms with Crippen LogP contribution < -0.4 is 4.74 Å². The predicted molar refractivity (Wildman–Crippen MR) is 76.3 cm³/mol. The molecule has 1 N–H and O–H groups in total. The van der Waals surface area contributed by atoms with Crippen LogP contribution in [0.1, 0.15) is 18.6 Å². The highest BCUT2D eigenvalue weighted by atomic mass is 79.9. The predicted octanol–water partition coefficient (Wildman–Crippen LogP) is 4.95. The van der Waals surface area contributed by atoms with E-state index in [0.29, 0.717) is 16.5 Å². The lowest BCUT2D eigenvalue weighted by Gasteiger charge is -2.10. The summed E-state index contributed by atoms with van der Waals surface area (Å²) in [6.45, 7) is 1.69. The highest BCUT2D eigenvalue weighted by molar-refractivity contribution is 9.10. The van der Waals surface area contributed by atoms with Crippen LogP contribution in [0.3, 0.4) is 0 Å². The van der Waals surface area contributed by atoms with E-state index in [1.807, 2.05) is 24.3 Å². The standard InChI is InChI=1S/C14H12BrClO2/c1-9(17)10-5-6-14(13(16)7-10)18-12-4-2-3-11(15)8-12/h2-9,17H,1H3. The second-order valence-electron chi connectivity index (χ2n) is 3.93. The first-order chi connectivity index (χ1) is 8.56. The maximum Gasteiger partial charge on any atom is 0.146 e. The number of aliphatic hydroxyl groups is 1. The van der Waals surface area contributed by atoms with E-state index in [2.05, 4.69) is 15.9 Å². The van der Waals surface area contributed by atoms with E-state index in [0.717, 1.165) is 10.0 Å². The molecule has 2 aromatic carbocycles. The maximum atomic E-state index is 9.46. The third-order valence-electron chi connectivity index (χ3n) is 2.46. The molecular weight excluding hydrogens is 316 g/mol. The molecule has 2 aromatic rings. The van der Waals surface area contributed by atoms with Crippen LogP contribution in [0.4, 0.5) is 0 Å². The summed E-state index contributed by atoms with van der Waals surface area (Å²) in [5, 5.41) is 9.94. The highest BCUT2D eigenvalue weighted by Crippen LogP contribution is 2.32. The molecule has 0 aliphatic rings. The van der Waals surface area contributed by atoms with Gasteiger partial charge in [-0.2, -0.15) is 0 Å². The minimum atomic E-state index is -0.539. The molecule has 0 saturated carbocycles. The van der Waals surface area contributed by atoms with Gasteiger partial charge in [-0.1, -0.05) is 39.7 Å².